The summed E-state index contributed by atoms with van der Waals surface area (Å²) in [5.74, 6) is 2.42. The number of hydrogen-bond acceptors (Lipinski definition) is 11. The van der Waals surface area contributed by atoms with Crippen LogP contribution in [0, 0.1) is 10.1 Å². The molecule has 5 rings (SSSR count). The van der Waals surface area contributed by atoms with Crippen LogP contribution in [-0.2, 0) is 6.61 Å². The van der Waals surface area contributed by atoms with E-state index in [9.17, 15) is 10.1 Å². The van der Waals surface area contributed by atoms with Gasteiger partial charge >= 0.3 is 0 Å². The molecule has 0 unspecified atom stereocenters. The van der Waals surface area contributed by atoms with Gasteiger partial charge in [0.15, 0.2) is 11.5 Å². The zero-order valence-electron chi connectivity index (χ0n) is 22.6. The van der Waals surface area contributed by atoms with Crippen molar-refractivity contribution in [2.75, 3.05) is 35.8 Å². The molecule has 0 bridgehead atoms. The average molecular weight is 555 g/mol. The summed E-state index contributed by atoms with van der Waals surface area (Å²) in [6.45, 7) is 2.03. The first-order valence-electron chi connectivity index (χ1n) is 13.2. The Kier molecular flexibility index (Phi) is 8.79. The molecular weight excluding hydrogens is 524 g/mol. The van der Waals surface area contributed by atoms with Crippen molar-refractivity contribution in [1.82, 2.24) is 15.0 Å². The summed E-state index contributed by atoms with van der Waals surface area (Å²) in [6, 6.07) is 21.4. The van der Waals surface area contributed by atoms with E-state index in [1.165, 1.54) is 18.6 Å². The molecule has 2 N–H and O–H groups in total. The Bertz CT molecular complexity index is 1490. The van der Waals surface area contributed by atoms with Crippen molar-refractivity contribution < 1.29 is 14.4 Å². The van der Waals surface area contributed by atoms with E-state index >= 15 is 0 Å². The van der Waals surface area contributed by atoms with Crippen LogP contribution in [0.25, 0.3) is 0 Å². The van der Waals surface area contributed by atoms with E-state index in [1.54, 1.807) is 37.6 Å². The topological polar surface area (TPSA) is 140 Å². The maximum absolute atomic E-state index is 10.9. The first-order chi connectivity index (χ1) is 20.1. The van der Waals surface area contributed by atoms with Crippen LogP contribution >= 0.6 is 0 Å². The lowest BCUT2D eigenvalue weighted by atomic mass is 10.1. The minimum absolute atomic E-state index is 0.0344. The van der Waals surface area contributed by atoms with E-state index in [0.29, 0.717) is 29.3 Å². The Balaban J connectivity index is 1.27. The van der Waals surface area contributed by atoms with Gasteiger partial charge in [0.05, 0.1) is 18.2 Å². The molecule has 1 aliphatic rings. The molecule has 1 aromatic heterocycles. The van der Waals surface area contributed by atoms with Crippen molar-refractivity contribution in [2.24, 2.45) is 5.10 Å². The van der Waals surface area contributed by atoms with Crippen LogP contribution in [0.3, 0.4) is 0 Å². The number of ether oxygens (including phenoxy) is 2. The first-order valence-corrected chi connectivity index (χ1v) is 13.2. The molecule has 0 radical (unpaired) electrons. The highest BCUT2D eigenvalue weighted by Crippen LogP contribution is 2.29. The number of non-ortho nitro benzene ring substituents is 1. The van der Waals surface area contributed by atoms with Crippen molar-refractivity contribution >= 4 is 35.4 Å². The molecule has 0 amide bonds. The lowest BCUT2D eigenvalue weighted by Crippen LogP contribution is -2.31. The predicted molar refractivity (Wildman–Crippen MR) is 157 cm³/mol. The highest BCUT2D eigenvalue weighted by molar-refractivity contribution is 5.81. The summed E-state index contributed by atoms with van der Waals surface area (Å²) in [6.07, 6.45) is 5.04. The van der Waals surface area contributed by atoms with Gasteiger partial charge in [0.1, 0.15) is 6.61 Å². The van der Waals surface area contributed by atoms with E-state index in [2.05, 4.69) is 35.7 Å². The zero-order valence-corrected chi connectivity index (χ0v) is 22.6. The highest BCUT2D eigenvalue weighted by Gasteiger charge is 2.16. The van der Waals surface area contributed by atoms with Gasteiger partial charge < -0.3 is 19.7 Å². The minimum atomic E-state index is -0.433. The number of methoxy groups -OCH3 is 1. The zero-order chi connectivity index (χ0) is 28.4. The number of anilines is 4. The molecule has 0 saturated carbocycles. The number of nitrogens with one attached hydrogen (secondary N) is 2. The molecule has 0 spiro atoms. The highest BCUT2D eigenvalue weighted by atomic mass is 16.6. The van der Waals surface area contributed by atoms with E-state index in [0.717, 1.165) is 42.7 Å². The molecule has 0 aliphatic carbocycles. The van der Waals surface area contributed by atoms with Crippen molar-refractivity contribution in [3.63, 3.8) is 0 Å². The van der Waals surface area contributed by atoms with Crippen molar-refractivity contribution in [1.29, 1.82) is 0 Å². The Labute approximate surface area is 237 Å². The molecular formula is C29H30N8O4. The maximum atomic E-state index is 10.9. The Morgan fingerprint density at radius 1 is 0.951 bits per heavy atom. The van der Waals surface area contributed by atoms with E-state index in [1.807, 2.05) is 36.4 Å². The summed E-state index contributed by atoms with van der Waals surface area (Å²) < 4.78 is 11.4. The van der Waals surface area contributed by atoms with Gasteiger partial charge in [-0.25, -0.2) is 5.43 Å². The summed E-state index contributed by atoms with van der Waals surface area (Å²) in [4.78, 5) is 26.3. The van der Waals surface area contributed by atoms with Crippen molar-refractivity contribution in [3.8, 4) is 11.5 Å². The quantitative estimate of drug-likeness (QED) is 0.138. The fourth-order valence-corrected chi connectivity index (χ4v) is 4.28. The van der Waals surface area contributed by atoms with E-state index < -0.39 is 4.92 Å². The fraction of sp³-hybridized carbons (Fsp3) is 0.241. The van der Waals surface area contributed by atoms with Crippen LogP contribution in [-0.4, -0.2) is 46.3 Å². The van der Waals surface area contributed by atoms with Gasteiger partial charge in [-0.05, 0) is 72.9 Å². The number of aromatic nitrogens is 3. The van der Waals surface area contributed by atoms with Crippen LogP contribution in [0.2, 0.25) is 0 Å². The minimum Gasteiger partial charge on any atom is -0.493 e. The van der Waals surface area contributed by atoms with Gasteiger partial charge in [-0.1, -0.05) is 18.2 Å². The van der Waals surface area contributed by atoms with Crippen LogP contribution in [0.4, 0.5) is 29.2 Å². The number of hydrogen-bond donors (Lipinski definition) is 2. The molecule has 0 atom stereocenters. The fourth-order valence-electron chi connectivity index (χ4n) is 4.28. The first kappa shape index (κ1) is 27.3. The Hall–Kier alpha value is -5.26. The number of hydrazone groups is 1. The number of para-hydroxylation sites is 1. The average Bonchev–Trinajstić information content (AvgIpc) is 3.01. The molecule has 1 saturated heterocycles. The SMILES string of the molecule is COc1cc(/C=N/Nc2nc(Nc3ccccc3)nc(N3CCCCC3)n2)ccc1OCc1ccc([N+](=O)[O-])cc1. The van der Waals surface area contributed by atoms with Crippen LogP contribution < -0.4 is 25.1 Å². The molecule has 4 aromatic rings. The van der Waals surface area contributed by atoms with Crippen LogP contribution in [0.15, 0.2) is 77.9 Å². The standard InChI is InChI=1S/C29H30N8O4/c1-40-26-18-22(12-15-25(26)41-20-21-10-13-24(14-11-21)37(38)39)19-30-35-28-32-27(31-23-8-4-2-5-9-23)33-29(34-28)36-16-6-3-7-17-36/h2,4-5,8-15,18-19H,3,6-7,16-17,20H2,1H3,(H2,31,32,33,34,35)/b30-19+. The van der Waals surface area contributed by atoms with Gasteiger partial charge in [0.2, 0.25) is 17.8 Å². The van der Waals surface area contributed by atoms with Gasteiger partial charge in [-0.2, -0.15) is 20.1 Å². The van der Waals surface area contributed by atoms with Gasteiger partial charge in [0.25, 0.3) is 5.69 Å². The monoisotopic (exact) mass is 554 g/mol. The Morgan fingerprint density at radius 3 is 2.44 bits per heavy atom. The third-order valence-corrected chi connectivity index (χ3v) is 6.40. The molecule has 12 nitrogen and oxygen atoms in total. The molecule has 2 heterocycles. The largest absolute Gasteiger partial charge is 0.493 e. The molecule has 3 aromatic carbocycles. The number of nitro benzene ring substituents is 1. The summed E-state index contributed by atoms with van der Waals surface area (Å²) in [5, 5.41) is 18.4. The smallest absolute Gasteiger partial charge is 0.269 e. The molecule has 1 aliphatic heterocycles. The van der Waals surface area contributed by atoms with E-state index in [-0.39, 0.29) is 12.3 Å². The third-order valence-electron chi connectivity index (χ3n) is 6.40. The summed E-state index contributed by atoms with van der Waals surface area (Å²) >= 11 is 0. The summed E-state index contributed by atoms with van der Waals surface area (Å²) in [5.41, 5.74) is 5.41. The third kappa shape index (κ3) is 7.44. The molecule has 12 heteroatoms. The van der Waals surface area contributed by atoms with Gasteiger partial charge in [-0.3, -0.25) is 10.1 Å². The Morgan fingerprint density at radius 2 is 1.71 bits per heavy atom. The number of nitrogens with zero attached hydrogens (tertiary/aromatic N) is 6. The molecule has 41 heavy (non-hydrogen) atoms. The number of piperidine rings is 1. The summed E-state index contributed by atoms with van der Waals surface area (Å²) in [7, 11) is 1.56. The van der Waals surface area contributed by atoms with Crippen LogP contribution in [0.5, 0.6) is 11.5 Å². The second-order valence-electron chi connectivity index (χ2n) is 9.31. The molecule has 1 fully saturated rings. The van der Waals surface area contributed by atoms with Crippen molar-refractivity contribution in [3.05, 3.63) is 94.0 Å². The molecule has 210 valence electrons. The second-order valence-corrected chi connectivity index (χ2v) is 9.31. The van der Waals surface area contributed by atoms with Crippen molar-refractivity contribution in [2.45, 2.75) is 25.9 Å². The van der Waals surface area contributed by atoms with Gasteiger partial charge in [0, 0.05) is 30.9 Å². The second kappa shape index (κ2) is 13.2. The maximum Gasteiger partial charge on any atom is 0.269 e. The lowest BCUT2D eigenvalue weighted by Gasteiger charge is -2.26. The normalized spacial score (nSPS) is 13.1. The number of rotatable bonds is 11. The van der Waals surface area contributed by atoms with Gasteiger partial charge in [-0.15, -0.1) is 0 Å². The lowest BCUT2D eigenvalue weighted by molar-refractivity contribution is -0.384. The van der Waals surface area contributed by atoms with Crippen LogP contribution in [0.1, 0.15) is 30.4 Å². The predicted octanol–water partition coefficient (Wildman–Crippen LogP) is 5.55. The van der Waals surface area contributed by atoms with E-state index in [4.69, 9.17) is 9.47 Å². The number of benzene rings is 3. The number of nitro groups is 1.